The molecule has 7 heteroatoms. The minimum absolute atomic E-state index is 0.0364. The van der Waals surface area contributed by atoms with E-state index < -0.39 is 12.9 Å². The average Bonchev–Trinajstić information content (AvgIpc) is 2.40. The Kier molecular flexibility index (Phi) is 3.45. The normalized spacial score (nSPS) is 15.1. The van der Waals surface area contributed by atoms with Gasteiger partial charge >= 0.3 is 0 Å². The molecule has 0 spiro atoms. The molecule has 106 valence electrons. The molecule has 0 fully saturated rings. The molecule has 0 bridgehead atoms. The largest absolute Gasteiger partial charge is 0.394 e. The maximum atomic E-state index is 7.77. The van der Waals surface area contributed by atoms with E-state index in [0.29, 0.717) is 16.3 Å². The summed E-state index contributed by atoms with van der Waals surface area (Å²) in [5.74, 6) is 0.134. The molecule has 3 N–H and O–H groups in total. The van der Waals surface area contributed by atoms with Gasteiger partial charge in [-0.25, -0.2) is 4.98 Å². The van der Waals surface area contributed by atoms with Crippen LogP contribution in [0.4, 0.5) is 11.5 Å². The smallest absolute Gasteiger partial charge is 0.224 e. The number of aromatic nitrogens is 2. The lowest BCUT2D eigenvalue weighted by Crippen LogP contribution is -2.12. The summed E-state index contributed by atoms with van der Waals surface area (Å²) in [6.45, 7) is -0.761. The quantitative estimate of drug-likeness (QED) is 0.811. The highest BCUT2D eigenvalue weighted by molar-refractivity contribution is 6.35. The van der Waals surface area contributed by atoms with Crippen molar-refractivity contribution in [3.63, 3.8) is 0 Å². The number of anilines is 2. The summed E-state index contributed by atoms with van der Waals surface area (Å²) >= 11 is 17.8. The molecule has 0 amide bonds. The Morgan fingerprint density at radius 1 is 1.30 bits per heavy atom. The van der Waals surface area contributed by atoms with E-state index in [1.165, 1.54) is 6.07 Å². The summed E-state index contributed by atoms with van der Waals surface area (Å²) in [4.78, 5) is 7.87. The van der Waals surface area contributed by atoms with Gasteiger partial charge in [-0.05, 0) is 43.1 Å². The third-order valence-corrected chi connectivity index (χ3v) is 3.39. The van der Waals surface area contributed by atoms with Crippen molar-refractivity contribution in [1.82, 2.24) is 9.97 Å². The van der Waals surface area contributed by atoms with E-state index in [9.17, 15) is 0 Å². The number of rotatable bonds is 3. The van der Waals surface area contributed by atoms with Crippen LogP contribution in [0.1, 0.15) is 28.3 Å². The number of aryl methyl sites for hydroxylation is 1. The maximum Gasteiger partial charge on any atom is 0.224 e. The van der Waals surface area contributed by atoms with Gasteiger partial charge in [0.2, 0.25) is 5.28 Å². The number of hydrogen-bond acceptors (Lipinski definition) is 4. The van der Waals surface area contributed by atoms with Gasteiger partial charge in [-0.1, -0.05) is 29.3 Å². The molecular weight excluding hydrogens is 319 g/mol. The lowest BCUT2D eigenvalue weighted by atomic mass is 10.1. The number of hydrogen-bond donors (Lipinski definition) is 2. The Morgan fingerprint density at radius 2 is 2.05 bits per heavy atom. The summed E-state index contributed by atoms with van der Waals surface area (Å²) in [5.41, 5.74) is 6.91. The van der Waals surface area contributed by atoms with E-state index in [2.05, 4.69) is 15.3 Å². The van der Waals surface area contributed by atoms with Gasteiger partial charge in [-0.2, -0.15) is 4.98 Å². The van der Waals surface area contributed by atoms with Crippen molar-refractivity contribution in [2.24, 2.45) is 0 Å². The van der Waals surface area contributed by atoms with E-state index in [-0.39, 0.29) is 21.8 Å². The summed E-state index contributed by atoms with van der Waals surface area (Å²) in [5, 5.41) is 3.39. The van der Waals surface area contributed by atoms with Gasteiger partial charge in [0.1, 0.15) is 0 Å². The zero-order valence-corrected chi connectivity index (χ0v) is 12.7. The van der Waals surface area contributed by atoms with Crippen LogP contribution in [0.5, 0.6) is 0 Å². The molecule has 0 saturated heterocycles. The first kappa shape index (κ1) is 11.4. The highest BCUT2D eigenvalue weighted by Gasteiger charge is 2.14. The molecule has 1 aromatic carbocycles. The second-order valence-electron chi connectivity index (χ2n) is 4.08. The molecule has 0 aliphatic heterocycles. The molecule has 0 unspecified atom stereocenters. The van der Waals surface area contributed by atoms with Crippen molar-refractivity contribution in [1.29, 1.82) is 0 Å². The van der Waals surface area contributed by atoms with Crippen LogP contribution in [-0.4, -0.2) is 9.97 Å². The van der Waals surface area contributed by atoms with E-state index in [4.69, 9.17) is 44.6 Å². The van der Waals surface area contributed by atoms with E-state index in [1.807, 2.05) is 0 Å². The molecule has 1 aromatic heterocycles. The molecule has 0 saturated carbocycles. The number of benzene rings is 1. The second-order valence-corrected chi connectivity index (χ2v) is 5.27. The van der Waals surface area contributed by atoms with Gasteiger partial charge < -0.3 is 11.1 Å². The molecular formula is C13H13Cl3N4. The fraction of sp³-hybridized carbons (Fsp3) is 0.231. The third-order valence-electron chi connectivity index (χ3n) is 2.66. The standard InChI is InChI=1S/C13H13Cl3N4/c1-6(9-4-3-8(14)5-10(9)15)18-12-11(17)7(2)19-13(16)20-12/h3-6H,17H2,1-2H3,(H,18,19,20)/t6-/m1/s1/i1D3. The number of nitrogens with zero attached hydrogens (tertiary/aromatic N) is 2. The van der Waals surface area contributed by atoms with Crippen LogP contribution in [0, 0.1) is 6.92 Å². The average molecular weight is 335 g/mol. The molecule has 1 atom stereocenters. The SMILES string of the molecule is [2H]C([2H])([2H])[C@@H](Nc1nc(Cl)nc(C)c1N)c1ccc(Cl)cc1Cl. The van der Waals surface area contributed by atoms with Crippen molar-refractivity contribution in [2.45, 2.75) is 19.8 Å². The van der Waals surface area contributed by atoms with Crippen LogP contribution in [-0.2, 0) is 0 Å². The molecule has 0 aliphatic carbocycles. The van der Waals surface area contributed by atoms with Crippen LogP contribution in [0.3, 0.4) is 0 Å². The lowest BCUT2D eigenvalue weighted by molar-refractivity contribution is 0.872. The zero-order chi connectivity index (χ0) is 17.4. The Morgan fingerprint density at radius 3 is 2.70 bits per heavy atom. The van der Waals surface area contributed by atoms with E-state index >= 15 is 0 Å². The number of halogens is 3. The van der Waals surface area contributed by atoms with Crippen molar-refractivity contribution in [3.8, 4) is 0 Å². The summed E-state index contributed by atoms with van der Waals surface area (Å²) in [6.07, 6.45) is 0. The lowest BCUT2D eigenvalue weighted by Gasteiger charge is -2.18. The van der Waals surface area contributed by atoms with Crippen LogP contribution in [0.2, 0.25) is 15.3 Å². The Hall–Kier alpha value is -1.23. The van der Waals surface area contributed by atoms with Crippen molar-refractivity contribution >= 4 is 46.3 Å². The Bertz CT molecular complexity index is 737. The molecule has 2 rings (SSSR count). The summed E-state index contributed by atoms with van der Waals surface area (Å²) < 4.78 is 23.3. The molecule has 1 heterocycles. The topological polar surface area (TPSA) is 63.8 Å². The van der Waals surface area contributed by atoms with Crippen molar-refractivity contribution in [3.05, 3.63) is 44.8 Å². The number of nitrogens with two attached hydrogens (primary N) is 1. The minimum Gasteiger partial charge on any atom is -0.394 e. The van der Waals surface area contributed by atoms with Gasteiger partial charge in [-0.15, -0.1) is 0 Å². The molecule has 2 aromatic rings. The van der Waals surface area contributed by atoms with E-state index in [0.717, 1.165) is 0 Å². The van der Waals surface area contributed by atoms with Gasteiger partial charge in [0, 0.05) is 14.2 Å². The maximum absolute atomic E-state index is 7.77. The first-order chi connectivity index (χ1) is 10.6. The van der Waals surface area contributed by atoms with Crippen LogP contribution < -0.4 is 11.1 Å². The predicted molar refractivity (Wildman–Crippen MR) is 84.7 cm³/mol. The summed E-state index contributed by atoms with van der Waals surface area (Å²) in [7, 11) is 0. The fourth-order valence-corrected chi connectivity index (χ4v) is 2.34. The van der Waals surface area contributed by atoms with Crippen LogP contribution in [0.25, 0.3) is 0 Å². The van der Waals surface area contributed by atoms with Gasteiger partial charge in [0.15, 0.2) is 5.82 Å². The van der Waals surface area contributed by atoms with Gasteiger partial charge in [0.05, 0.1) is 17.4 Å². The molecule has 4 nitrogen and oxygen atoms in total. The fourth-order valence-electron chi connectivity index (χ4n) is 1.61. The molecule has 20 heavy (non-hydrogen) atoms. The highest BCUT2D eigenvalue weighted by atomic mass is 35.5. The predicted octanol–water partition coefficient (Wildman–Crippen LogP) is 4.50. The van der Waals surface area contributed by atoms with Crippen LogP contribution in [0.15, 0.2) is 18.2 Å². The Balaban J connectivity index is 2.50. The molecule has 0 aliphatic rings. The Labute approximate surface area is 136 Å². The van der Waals surface area contributed by atoms with Crippen molar-refractivity contribution < 1.29 is 4.11 Å². The zero-order valence-electron chi connectivity index (χ0n) is 13.4. The third kappa shape index (κ3) is 3.26. The first-order valence-electron chi connectivity index (χ1n) is 7.10. The number of nitrogen functional groups attached to an aromatic ring is 1. The molecule has 0 radical (unpaired) electrons. The van der Waals surface area contributed by atoms with E-state index in [1.54, 1.807) is 19.1 Å². The highest BCUT2D eigenvalue weighted by Crippen LogP contribution is 2.30. The summed E-state index contributed by atoms with van der Waals surface area (Å²) in [6, 6.07) is 3.44. The van der Waals surface area contributed by atoms with Crippen LogP contribution >= 0.6 is 34.8 Å². The van der Waals surface area contributed by atoms with Crippen molar-refractivity contribution in [2.75, 3.05) is 11.1 Å². The minimum atomic E-state index is -2.41. The first-order valence-corrected chi connectivity index (χ1v) is 6.74. The van der Waals surface area contributed by atoms with Gasteiger partial charge in [0.25, 0.3) is 0 Å². The van der Waals surface area contributed by atoms with Gasteiger partial charge in [-0.3, -0.25) is 0 Å². The number of nitrogens with one attached hydrogen (secondary N) is 1. The monoisotopic (exact) mass is 333 g/mol. The second kappa shape index (κ2) is 6.04.